The number of rotatable bonds is 11. The molecule has 1 atom stereocenters. The number of alkyl halides is 1. The maximum atomic E-state index is 13.7. The number of carbonyl (C=O) groups is 2. The van der Waals surface area contributed by atoms with Gasteiger partial charge in [0.05, 0.1) is 11.6 Å². The van der Waals surface area contributed by atoms with Crippen LogP contribution in [0.25, 0.3) is 0 Å². The van der Waals surface area contributed by atoms with Gasteiger partial charge in [-0.3, -0.25) is 9.59 Å². The van der Waals surface area contributed by atoms with E-state index < -0.39 is 17.5 Å². The number of carbonyl (C=O) groups excluding carboxylic acids is 2. The van der Waals surface area contributed by atoms with E-state index in [-0.39, 0.29) is 12.3 Å². The third kappa shape index (κ3) is 9.18. The van der Waals surface area contributed by atoms with Gasteiger partial charge in [-0.15, -0.1) is 11.6 Å². The van der Waals surface area contributed by atoms with Gasteiger partial charge in [0, 0.05) is 30.0 Å². The Morgan fingerprint density at radius 3 is 1.86 bits per heavy atom. The lowest BCUT2D eigenvalue weighted by Crippen LogP contribution is -2.35. The second-order valence-electron chi connectivity index (χ2n) is 9.86. The highest BCUT2D eigenvalue weighted by Gasteiger charge is 2.29. The molecule has 0 radical (unpaired) electrons. The van der Waals surface area contributed by atoms with Gasteiger partial charge in [-0.25, -0.2) is 5.01 Å². The number of halogens is 1. The fourth-order valence-electron chi connectivity index (χ4n) is 3.87. The smallest absolute Gasteiger partial charge is 0.310 e. The summed E-state index contributed by atoms with van der Waals surface area (Å²) in [5.74, 6) is -0.886. The van der Waals surface area contributed by atoms with E-state index in [2.05, 4.69) is 0 Å². The summed E-state index contributed by atoms with van der Waals surface area (Å²) >= 11 is 6.00. The van der Waals surface area contributed by atoms with Gasteiger partial charge in [0.15, 0.2) is 0 Å². The molecule has 0 aliphatic carbocycles. The molecule has 0 saturated carbocycles. The molecule has 37 heavy (non-hydrogen) atoms. The minimum absolute atomic E-state index is 0.0214. The highest BCUT2D eigenvalue weighted by molar-refractivity contribution is 6.17. The van der Waals surface area contributed by atoms with Gasteiger partial charge in [0.25, 0.3) is 0 Å². The predicted molar refractivity (Wildman–Crippen MR) is 150 cm³/mol. The first kappa shape index (κ1) is 28.1. The van der Waals surface area contributed by atoms with E-state index in [1.165, 1.54) is 5.01 Å². The number of ether oxygens (including phenoxy) is 1. The topological polar surface area (TPSA) is 59.0 Å². The van der Waals surface area contributed by atoms with Crippen molar-refractivity contribution < 1.29 is 14.3 Å². The largest absolute Gasteiger partial charge is 0.460 e. The molecule has 0 spiro atoms. The lowest BCUT2D eigenvalue weighted by molar-refractivity contribution is -0.162. The SMILES string of the molecule is CC(C)(C)OC(=O)[C@H](CC(=O)N(CCCCl)N=C(c1ccccc1)c1ccccc1)Cc1ccccc1. The van der Waals surface area contributed by atoms with E-state index in [9.17, 15) is 9.59 Å². The van der Waals surface area contributed by atoms with Crippen LogP contribution in [0.3, 0.4) is 0 Å². The lowest BCUT2D eigenvalue weighted by Gasteiger charge is -2.25. The number of hydrogen-bond donors (Lipinski definition) is 0. The molecule has 0 N–H and O–H groups in total. The highest BCUT2D eigenvalue weighted by Crippen LogP contribution is 2.21. The second kappa shape index (κ2) is 13.8. The van der Waals surface area contributed by atoms with Crippen LogP contribution in [0.1, 0.15) is 50.3 Å². The fraction of sp³-hybridized carbons (Fsp3) is 0.323. The van der Waals surface area contributed by atoms with Gasteiger partial charge in [0.2, 0.25) is 5.91 Å². The molecule has 0 heterocycles. The van der Waals surface area contributed by atoms with Crippen LogP contribution in [0.5, 0.6) is 0 Å². The van der Waals surface area contributed by atoms with Gasteiger partial charge < -0.3 is 4.74 Å². The molecule has 0 aliphatic rings. The summed E-state index contributed by atoms with van der Waals surface area (Å²) in [6.45, 7) is 5.83. The molecule has 0 aromatic heterocycles. The number of amides is 1. The van der Waals surface area contributed by atoms with Crippen molar-refractivity contribution in [2.45, 2.75) is 45.6 Å². The lowest BCUT2D eigenvalue weighted by atomic mass is 9.95. The first-order chi connectivity index (χ1) is 17.8. The van der Waals surface area contributed by atoms with Crippen molar-refractivity contribution in [3.63, 3.8) is 0 Å². The Morgan fingerprint density at radius 2 is 1.38 bits per heavy atom. The van der Waals surface area contributed by atoms with Crippen LogP contribution >= 0.6 is 11.6 Å². The van der Waals surface area contributed by atoms with Crippen LogP contribution in [0.4, 0.5) is 0 Å². The van der Waals surface area contributed by atoms with Crippen molar-refractivity contribution in [1.29, 1.82) is 0 Å². The molecule has 6 heteroatoms. The summed E-state index contributed by atoms with van der Waals surface area (Å²) in [7, 11) is 0. The molecule has 0 saturated heterocycles. The molecule has 0 bridgehead atoms. The number of esters is 1. The van der Waals surface area contributed by atoms with E-state index in [0.717, 1.165) is 16.7 Å². The number of hydrazone groups is 1. The van der Waals surface area contributed by atoms with Crippen LogP contribution in [0.15, 0.2) is 96.1 Å². The minimum atomic E-state index is -0.653. The van der Waals surface area contributed by atoms with Crippen LogP contribution in [-0.2, 0) is 20.7 Å². The van der Waals surface area contributed by atoms with Gasteiger partial charge in [-0.2, -0.15) is 5.10 Å². The summed E-state index contributed by atoms with van der Waals surface area (Å²) in [5, 5.41) is 6.30. The zero-order valence-corrected chi connectivity index (χ0v) is 22.5. The normalized spacial score (nSPS) is 11.9. The van der Waals surface area contributed by atoms with Crippen LogP contribution in [0, 0.1) is 5.92 Å². The molecular formula is C31H35ClN2O3. The van der Waals surface area contributed by atoms with Gasteiger partial charge in [-0.1, -0.05) is 91.0 Å². The number of hydrogen-bond acceptors (Lipinski definition) is 4. The Labute approximate surface area is 225 Å². The van der Waals surface area contributed by atoms with Crippen LogP contribution in [-0.4, -0.2) is 40.6 Å². The van der Waals surface area contributed by atoms with Crippen molar-refractivity contribution in [2.75, 3.05) is 12.4 Å². The van der Waals surface area contributed by atoms with Gasteiger partial charge in [-0.05, 0) is 39.2 Å². The van der Waals surface area contributed by atoms with E-state index in [4.69, 9.17) is 21.4 Å². The highest BCUT2D eigenvalue weighted by atomic mass is 35.5. The van der Waals surface area contributed by atoms with Crippen molar-refractivity contribution in [1.82, 2.24) is 5.01 Å². The van der Waals surface area contributed by atoms with Crippen molar-refractivity contribution in [3.8, 4) is 0 Å². The maximum absolute atomic E-state index is 13.7. The van der Waals surface area contributed by atoms with Crippen LogP contribution < -0.4 is 0 Å². The molecule has 3 aromatic carbocycles. The fourth-order valence-corrected chi connectivity index (χ4v) is 3.99. The third-order valence-electron chi connectivity index (χ3n) is 5.59. The molecule has 194 valence electrons. The number of benzene rings is 3. The Balaban J connectivity index is 1.94. The number of nitrogens with zero attached hydrogens (tertiary/aromatic N) is 2. The molecular weight excluding hydrogens is 484 g/mol. The average Bonchev–Trinajstić information content (AvgIpc) is 2.89. The van der Waals surface area contributed by atoms with Crippen LogP contribution in [0.2, 0.25) is 0 Å². The summed E-state index contributed by atoms with van der Waals surface area (Å²) in [4.78, 5) is 26.8. The Hall–Kier alpha value is -3.44. The summed E-state index contributed by atoms with van der Waals surface area (Å²) < 4.78 is 5.69. The first-order valence-electron chi connectivity index (χ1n) is 12.6. The zero-order chi connectivity index (χ0) is 26.7. The Morgan fingerprint density at radius 1 is 0.865 bits per heavy atom. The quantitative estimate of drug-likeness (QED) is 0.126. The molecule has 0 fully saturated rings. The van der Waals surface area contributed by atoms with Crippen molar-refractivity contribution in [2.24, 2.45) is 11.0 Å². The summed E-state index contributed by atoms with van der Waals surface area (Å²) in [6, 6.07) is 29.2. The standard InChI is InChI=1S/C31H35ClN2O3/c1-31(2,3)37-30(36)27(22-24-14-7-4-8-15-24)23-28(35)34(21-13-20-32)33-29(25-16-9-5-10-17-25)26-18-11-6-12-19-26/h4-12,14-19,27H,13,20-23H2,1-3H3/t27-/m0/s1. The van der Waals surface area contributed by atoms with E-state index >= 15 is 0 Å². The zero-order valence-electron chi connectivity index (χ0n) is 21.8. The average molecular weight is 519 g/mol. The molecule has 3 aromatic rings. The van der Waals surface area contributed by atoms with E-state index in [0.29, 0.717) is 31.0 Å². The van der Waals surface area contributed by atoms with Gasteiger partial charge in [0.1, 0.15) is 5.60 Å². The molecule has 0 unspecified atom stereocenters. The molecule has 3 rings (SSSR count). The van der Waals surface area contributed by atoms with E-state index in [1.807, 2.05) is 112 Å². The molecule has 5 nitrogen and oxygen atoms in total. The Kier molecular flexibility index (Phi) is 10.5. The van der Waals surface area contributed by atoms with E-state index in [1.54, 1.807) is 0 Å². The third-order valence-corrected chi connectivity index (χ3v) is 5.86. The molecule has 1 amide bonds. The Bertz CT molecular complexity index is 1120. The summed E-state index contributed by atoms with van der Waals surface area (Å²) in [6.07, 6.45) is 0.953. The first-order valence-corrected chi connectivity index (χ1v) is 13.1. The van der Waals surface area contributed by atoms with Crippen molar-refractivity contribution in [3.05, 3.63) is 108 Å². The van der Waals surface area contributed by atoms with Gasteiger partial charge >= 0.3 is 5.97 Å². The summed E-state index contributed by atoms with van der Waals surface area (Å²) in [5.41, 5.74) is 2.78. The monoisotopic (exact) mass is 518 g/mol. The maximum Gasteiger partial charge on any atom is 0.310 e. The second-order valence-corrected chi connectivity index (χ2v) is 10.2. The minimum Gasteiger partial charge on any atom is -0.460 e. The predicted octanol–water partition coefficient (Wildman–Crippen LogP) is 6.49. The van der Waals surface area contributed by atoms with Crippen molar-refractivity contribution >= 4 is 29.2 Å². The molecule has 0 aliphatic heterocycles.